The summed E-state index contributed by atoms with van der Waals surface area (Å²) in [6, 6.07) is 2.56. The molecule has 0 unspecified atom stereocenters. The lowest BCUT2D eigenvalue weighted by molar-refractivity contribution is 0.100. The lowest BCUT2D eigenvalue weighted by Gasteiger charge is -2.23. The molecule has 0 fully saturated rings. The molecule has 9 nitrogen and oxygen atoms in total. The maximum absolute atomic E-state index is 14.7. The number of pyridine rings is 2. The predicted molar refractivity (Wildman–Crippen MR) is 120 cm³/mol. The molecule has 3 aromatic heterocycles. The molecule has 0 bridgehead atoms. The van der Waals surface area contributed by atoms with Crippen molar-refractivity contribution in [3.63, 3.8) is 0 Å². The number of aryl methyl sites for hydroxylation is 2. The van der Waals surface area contributed by atoms with E-state index < -0.39 is 11.7 Å². The van der Waals surface area contributed by atoms with E-state index in [0.717, 1.165) is 42.1 Å². The SMILES string of the molecule is CCCC[C@@H](Nc1nc(Nc2cnc3c(c2)c(C)nn3C)c(C(N)=O)cc1F)[C@H](C)N. The van der Waals surface area contributed by atoms with Crippen LogP contribution in [-0.4, -0.2) is 37.7 Å². The minimum absolute atomic E-state index is 0.0116. The third-order valence-electron chi connectivity index (χ3n) is 5.19. The molecule has 0 saturated heterocycles. The van der Waals surface area contributed by atoms with Crippen molar-refractivity contribution in [2.75, 3.05) is 10.6 Å². The second kappa shape index (κ2) is 9.25. The van der Waals surface area contributed by atoms with E-state index in [4.69, 9.17) is 11.5 Å². The van der Waals surface area contributed by atoms with E-state index >= 15 is 0 Å². The van der Waals surface area contributed by atoms with Crippen LogP contribution in [0.5, 0.6) is 0 Å². The van der Waals surface area contributed by atoms with E-state index in [0.29, 0.717) is 5.69 Å². The van der Waals surface area contributed by atoms with Crippen LogP contribution in [-0.2, 0) is 7.05 Å². The molecule has 6 N–H and O–H groups in total. The summed E-state index contributed by atoms with van der Waals surface area (Å²) in [5.41, 5.74) is 13.6. The van der Waals surface area contributed by atoms with Crippen LogP contribution in [0.3, 0.4) is 0 Å². The molecule has 3 rings (SSSR count). The number of nitrogens with two attached hydrogens (primary N) is 2. The maximum atomic E-state index is 14.7. The summed E-state index contributed by atoms with van der Waals surface area (Å²) in [7, 11) is 1.81. The fourth-order valence-electron chi connectivity index (χ4n) is 3.45. The van der Waals surface area contributed by atoms with Crippen LogP contribution in [0.2, 0.25) is 0 Å². The number of fused-ring (bicyclic) bond motifs is 1. The van der Waals surface area contributed by atoms with Crippen molar-refractivity contribution in [3.8, 4) is 0 Å². The second-order valence-electron chi connectivity index (χ2n) is 7.76. The van der Waals surface area contributed by atoms with E-state index in [1.807, 2.05) is 27.0 Å². The molecular weight excluding hydrogens is 399 g/mol. The average molecular weight is 429 g/mol. The first-order chi connectivity index (χ1) is 14.7. The minimum Gasteiger partial charge on any atom is -0.365 e. The third kappa shape index (κ3) is 4.91. The monoisotopic (exact) mass is 428 g/mol. The summed E-state index contributed by atoms with van der Waals surface area (Å²) >= 11 is 0. The molecule has 3 aromatic rings. The molecule has 10 heteroatoms. The number of aromatic nitrogens is 4. The highest BCUT2D eigenvalue weighted by atomic mass is 19.1. The van der Waals surface area contributed by atoms with Crippen molar-refractivity contribution in [1.29, 1.82) is 0 Å². The second-order valence-corrected chi connectivity index (χ2v) is 7.76. The average Bonchev–Trinajstić information content (AvgIpc) is 2.99. The quantitative estimate of drug-likeness (QED) is 0.411. The van der Waals surface area contributed by atoms with Gasteiger partial charge in [-0.2, -0.15) is 5.10 Å². The maximum Gasteiger partial charge on any atom is 0.252 e. The number of rotatable bonds is 9. The van der Waals surface area contributed by atoms with Gasteiger partial charge >= 0.3 is 0 Å². The summed E-state index contributed by atoms with van der Waals surface area (Å²) in [6.45, 7) is 5.82. The lowest BCUT2D eigenvalue weighted by Crippen LogP contribution is -2.38. The number of primary amides is 1. The Hall–Kier alpha value is -3.27. The Labute approximate surface area is 180 Å². The number of nitrogens with zero attached hydrogens (tertiary/aromatic N) is 4. The molecule has 0 spiro atoms. The Morgan fingerprint density at radius 1 is 1.32 bits per heavy atom. The summed E-state index contributed by atoms with van der Waals surface area (Å²) in [4.78, 5) is 20.7. The number of carbonyl (C=O) groups excluding carboxylic acids is 1. The number of anilines is 3. The van der Waals surface area contributed by atoms with E-state index in [1.54, 1.807) is 10.9 Å². The van der Waals surface area contributed by atoms with Gasteiger partial charge in [-0.25, -0.2) is 14.4 Å². The standard InChI is InChI=1S/C21H29FN8O/c1-5-6-7-17(11(2)23)27-20-16(22)9-15(18(24)31)19(28-20)26-13-8-14-12(3)29-30(4)21(14)25-10-13/h8-11,17H,5-7,23H2,1-4H3,(H2,24,31)(H2,26,27,28)/t11-,17+/m0/s1. The van der Waals surface area contributed by atoms with Gasteiger partial charge in [0.15, 0.2) is 17.3 Å². The fourth-order valence-corrected chi connectivity index (χ4v) is 3.45. The fraction of sp³-hybridized carbons (Fsp3) is 0.429. The normalized spacial score (nSPS) is 13.2. The van der Waals surface area contributed by atoms with Crippen LogP contribution >= 0.6 is 0 Å². The molecule has 0 aliphatic rings. The van der Waals surface area contributed by atoms with Gasteiger partial charge in [0.25, 0.3) is 5.91 Å². The number of amides is 1. The van der Waals surface area contributed by atoms with Crippen molar-refractivity contribution in [2.24, 2.45) is 18.5 Å². The summed E-state index contributed by atoms with van der Waals surface area (Å²) in [5, 5.41) is 11.3. The number of halogens is 1. The van der Waals surface area contributed by atoms with Gasteiger partial charge in [-0.15, -0.1) is 0 Å². The van der Waals surface area contributed by atoms with E-state index in [1.165, 1.54) is 0 Å². The van der Waals surface area contributed by atoms with Gasteiger partial charge in [0.05, 0.1) is 23.1 Å². The summed E-state index contributed by atoms with van der Waals surface area (Å²) in [6.07, 6.45) is 4.31. The van der Waals surface area contributed by atoms with E-state index in [-0.39, 0.29) is 29.3 Å². The van der Waals surface area contributed by atoms with Gasteiger partial charge in [0, 0.05) is 24.5 Å². The first-order valence-electron chi connectivity index (χ1n) is 10.3. The third-order valence-corrected chi connectivity index (χ3v) is 5.19. The Bertz CT molecular complexity index is 1090. The lowest BCUT2D eigenvalue weighted by atomic mass is 10.0. The van der Waals surface area contributed by atoms with Crippen LogP contribution in [0, 0.1) is 12.7 Å². The number of nitrogens with one attached hydrogen (secondary N) is 2. The van der Waals surface area contributed by atoms with Crippen LogP contribution in [0.15, 0.2) is 18.3 Å². The zero-order valence-electron chi connectivity index (χ0n) is 18.2. The van der Waals surface area contributed by atoms with E-state index in [9.17, 15) is 9.18 Å². The van der Waals surface area contributed by atoms with Crippen molar-refractivity contribution >= 4 is 34.3 Å². The van der Waals surface area contributed by atoms with Gasteiger partial charge in [0.2, 0.25) is 0 Å². The van der Waals surface area contributed by atoms with Gasteiger partial charge < -0.3 is 22.1 Å². The van der Waals surface area contributed by atoms with Gasteiger partial charge in [-0.1, -0.05) is 19.8 Å². The molecule has 0 aliphatic carbocycles. The van der Waals surface area contributed by atoms with E-state index in [2.05, 4.69) is 32.6 Å². The van der Waals surface area contributed by atoms with Crippen LogP contribution in [0.25, 0.3) is 11.0 Å². The molecular formula is C21H29FN8O. The number of hydrogen-bond donors (Lipinski definition) is 4. The zero-order chi connectivity index (χ0) is 22.7. The van der Waals surface area contributed by atoms with Crippen molar-refractivity contribution in [2.45, 2.75) is 52.1 Å². The molecule has 166 valence electrons. The number of carbonyl (C=O) groups is 1. The van der Waals surface area contributed by atoms with Crippen molar-refractivity contribution < 1.29 is 9.18 Å². The van der Waals surface area contributed by atoms with Crippen LogP contribution in [0.4, 0.5) is 21.7 Å². The van der Waals surface area contributed by atoms with Crippen molar-refractivity contribution in [1.82, 2.24) is 19.7 Å². The Morgan fingerprint density at radius 3 is 2.71 bits per heavy atom. The smallest absolute Gasteiger partial charge is 0.252 e. The van der Waals surface area contributed by atoms with Gasteiger partial charge in [0.1, 0.15) is 5.82 Å². The summed E-state index contributed by atoms with van der Waals surface area (Å²) in [5.74, 6) is -1.31. The molecule has 31 heavy (non-hydrogen) atoms. The first kappa shape index (κ1) is 22.4. The van der Waals surface area contributed by atoms with Gasteiger partial charge in [-0.3, -0.25) is 9.48 Å². The first-order valence-corrected chi connectivity index (χ1v) is 10.3. The number of hydrogen-bond acceptors (Lipinski definition) is 7. The van der Waals surface area contributed by atoms with Gasteiger partial charge in [-0.05, 0) is 32.4 Å². The highest BCUT2D eigenvalue weighted by Crippen LogP contribution is 2.26. The molecule has 2 atom stereocenters. The molecule has 0 aliphatic heterocycles. The largest absolute Gasteiger partial charge is 0.365 e. The Kier molecular flexibility index (Phi) is 6.69. The Balaban J connectivity index is 1.97. The van der Waals surface area contributed by atoms with Crippen LogP contribution < -0.4 is 22.1 Å². The predicted octanol–water partition coefficient (Wildman–Crippen LogP) is 2.97. The van der Waals surface area contributed by atoms with Crippen molar-refractivity contribution in [3.05, 3.63) is 35.4 Å². The summed E-state index contributed by atoms with van der Waals surface area (Å²) < 4.78 is 16.4. The number of unbranched alkanes of at least 4 members (excludes halogenated alkanes) is 1. The van der Waals surface area contributed by atoms with Crippen LogP contribution in [0.1, 0.15) is 49.2 Å². The highest BCUT2D eigenvalue weighted by Gasteiger charge is 2.20. The topological polar surface area (TPSA) is 137 Å². The molecule has 0 radical (unpaired) electrons. The molecule has 0 saturated carbocycles. The highest BCUT2D eigenvalue weighted by molar-refractivity contribution is 5.98. The molecule has 1 amide bonds. The molecule has 0 aromatic carbocycles. The zero-order valence-corrected chi connectivity index (χ0v) is 18.2. The Morgan fingerprint density at radius 2 is 2.06 bits per heavy atom. The minimum atomic E-state index is -0.790. The molecule has 3 heterocycles.